The van der Waals surface area contributed by atoms with Crippen molar-refractivity contribution < 1.29 is 18.4 Å². The van der Waals surface area contributed by atoms with Crippen molar-refractivity contribution in [3.05, 3.63) is 82.0 Å². The minimum absolute atomic E-state index is 0.0194. The SMILES string of the molecule is CC(C)CCN(CC(=O)N(Cc1ccc(F)cc1)Cc1coc2ccccc2c1=O)C(=O)C(C)(C)CCl. The lowest BCUT2D eigenvalue weighted by Gasteiger charge is -2.33. The quantitative estimate of drug-likeness (QED) is 0.304. The van der Waals surface area contributed by atoms with E-state index in [0.717, 1.165) is 6.42 Å². The summed E-state index contributed by atoms with van der Waals surface area (Å²) in [4.78, 5) is 43.1. The number of nitrogens with zero attached hydrogens (tertiary/aromatic N) is 2. The third-order valence-electron chi connectivity index (χ3n) is 6.25. The van der Waals surface area contributed by atoms with Gasteiger partial charge in [0.1, 0.15) is 11.4 Å². The number of alkyl halides is 1. The van der Waals surface area contributed by atoms with E-state index in [9.17, 15) is 18.8 Å². The van der Waals surface area contributed by atoms with Crippen molar-refractivity contribution in [3.63, 3.8) is 0 Å². The van der Waals surface area contributed by atoms with Gasteiger partial charge in [0.05, 0.1) is 35.7 Å². The van der Waals surface area contributed by atoms with Gasteiger partial charge in [-0.05, 0) is 56.0 Å². The van der Waals surface area contributed by atoms with E-state index in [1.54, 1.807) is 55.1 Å². The van der Waals surface area contributed by atoms with Crippen molar-refractivity contribution in [1.82, 2.24) is 9.80 Å². The van der Waals surface area contributed by atoms with Crippen molar-refractivity contribution in [1.29, 1.82) is 0 Å². The van der Waals surface area contributed by atoms with Crippen molar-refractivity contribution in [3.8, 4) is 0 Å². The number of amides is 2. The van der Waals surface area contributed by atoms with E-state index in [1.807, 2.05) is 0 Å². The van der Waals surface area contributed by atoms with Crippen LogP contribution in [0.15, 0.2) is 64.0 Å². The first-order valence-corrected chi connectivity index (χ1v) is 12.9. The van der Waals surface area contributed by atoms with Crippen molar-refractivity contribution in [2.24, 2.45) is 11.3 Å². The molecule has 0 saturated heterocycles. The Hall–Kier alpha value is -3.19. The highest BCUT2D eigenvalue weighted by Gasteiger charge is 2.33. The molecule has 0 radical (unpaired) electrons. The Morgan fingerprint density at radius 2 is 1.70 bits per heavy atom. The number of halogens is 2. The highest BCUT2D eigenvalue weighted by Crippen LogP contribution is 2.22. The van der Waals surface area contributed by atoms with Crippen LogP contribution >= 0.6 is 11.6 Å². The van der Waals surface area contributed by atoms with Crippen LogP contribution in [0.1, 0.15) is 45.2 Å². The van der Waals surface area contributed by atoms with Crippen LogP contribution in [0.5, 0.6) is 0 Å². The van der Waals surface area contributed by atoms with E-state index < -0.39 is 5.41 Å². The topological polar surface area (TPSA) is 70.8 Å². The molecule has 2 amide bonds. The van der Waals surface area contributed by atoms with Crippen LogP contribution in [0, 0.1) is 17.2 Å². The van der Waals surface area contributed by atoms with Gasteiger partial charge in [-0.2, -0.15) is 0 Å². The molecule has 0 atom stereocenters. The molecule has 0 spiro atoms. The summed E-state index contributed by atoms with van der Waals surface area (Å²) in [6, 6.07) is 12.7. The normalized spacial score (nSPS) is 11.6. The maximum absolute atomic E-state index is 13.7. The van der Waals surface area contributed by atoms with Gasteiger partial charge >= 0.3 is 0 Å². The number of para-hydroxylation sites is 1. The van der Waals surface area contributed by atoms with Gasteiger partial charge < -0.3 is 14.2 Å². The fraction of sp³-hybridized carbons (Fsp3) is 0.414. The zero-order chi connectivity index (χ0) is 27.2. The Bertz CT molecular complexity index is 1290. The van der Waals surface area contributed by atoms with Crippen LogP contribution in [-0.4, -0.2) is 40.6 Å². The smallest absolute Gasteiger partial charge is 0.242 e. The summed E-state index contributed by atoms with van der Waals surface area (Å²) in [5.41, 5.74) is 0.410. The maximum atomic E-state index is 13.7. The summed E-state index contributed by atoms with van der Waals surface area (Å²) in [5.74, 6) is -0.467. The molecule has 3 rings (SSSR count). The van der Waals surface area contributed by atoms with Crippen LogP contribution in [0.25, 0.3) is 11.0 Å². The van der Waals surface area contributed by atoms with E-state index in [-0.39, 0.29) is 48.6 Å². The number of carbonyl (C=O) groups excluding carboxylic acids is 2. The second-order valence-corrected chi connectivity index (χ2v) is 10.7. The number of hydrogen-bond donors (Lipinski definition) is 0. The van der Waals surface area contributed by atoms with Gasteiger partial charge in [0.2, 0.25) is 11.8 Å². The van der Waals surface area contributed by atoms with Crippen molar-refractivity contribution in [2.75, 3.05) is 19.0 Å². The molecule has 1 heterocycles. The van der Waals surface area contributed by atoms with Gasteiger partial charge in [-0.1, -0.05) is 38.1 Å². The number of carbonyl (C=O) groups is 2. The molecule has 0 fully saturated rings. The lowest BCUT2D eigenvalue weighted by atomic mass is 9.94. The molecule has 0 N–H and O–H groups in total. The zero-order valence-corrected chi connectivity index (χ0v) is 22.6. The van der Waals surface area contributed by atoms with Crippen LogP contribution in [0.2, 0.25) is 0 Å². The summed E-state index contributed by atoms with van der Waals surface area (Å²) in [6.07, 6.45) is 2.09. The maximum Gasteiger partial charge on any atom is 0.242 e. The van der Waals surface area contributed by atoms with E-state index >= 15 is 0 Å². The lowest BCUT2D eigenvalue weighted by Crippen LogP contribution is -2.48. The fourth-order valence-corrected chi connectivity index (χ4v) is 4.00. The average Bonchev–Trinajstić information content (AvgIpc) is 2.88. The molecule has 1 aromatic heterocycles. The van der Waals surface area contributed by atoms with Gasteiger partial charge in [-0.3, -0.25) is 14.4 Å². The van der Waals surface area contributed by atoms with E-state index in [1.165, 1.54) is 23.3 Å². The Morgan fingerprint density at radius 3 is 2.35 bits per heavy atom. The zero-order valence-electron chi connectivity index (χ0n) is 21.8. The fourth-order valence-electron chi connectivity index (χ4n) is 3.89. The molecule has 6 nitrogen and oxygen atoms in total. The van der Waals surface area contributed by atoms with Gasteiger partial charge in [0.15, 0.2) is 5.43 Å². The molecule has 0 aliphatic heterocycles. The highest BCUT2D eigenvalue weighted by atomic mass is 35.5. The summed E-state index contributed by atoms with van der Waals surface area (Å²) >= 11 is 6.07. The average molecular weight is 529 g/mol. The standard InChI is InChI=1S/C29H34ClFN2O4/c1-20(2)13-14-32(28(36)29(3,4)19-30)17-26(34)33(15-21-9-11-23(31)12-10-21)16-22-18-37-25-8-6-5-7-24(25)27(22)35/h5-12,18,20H,13-17,19H2,1-4H3. The summed E-state index contributed by atoms with van der Waals surface area (Å²) < 4.78 is 19.1. The predicted octanol–water partition coefficient (Wildman–Crippen LogP) is 5.60. The van der Waals surface area contributed by atoms with Crippen LogP contribution in [0.3, 0.4) is 0 Å². The Kier molecular flexibility index (Phi) is 9.49. The highest BCUT2D eigenvalue weighted by molar-refractivity contribution is 6.19. The predicted molar refractivity (Wildman–Crippen MR) is 144 cm³/mol. The van der Waals surface area contributed by atoms with Gasteiger partial charge in [0.25, 0.3) is 0 Å². The van der Waals surface area contributed by atoms with E-state index in [0.29, 0.717) is 34.6 Å². The summed E-state index contributed by atoms with van der Waals surface area (Å²) in [5, 5.41) is 0.423. The molecule has 0 bridgehead atoms. The van der Waals surface area contributed by atoms with Crippen molar-refractivity contribution >= 4 is 34.4 Å². The third-order valence-corrected chi connectivity index (χ3v) is 6.92. The Morgan fingerprint density at radius 1 is 1.03 bits per heavy atom. The first-order chi connectivity index (χ1) is 17.5. The number of benzene rings is 2. The molecule has 8 heteroatoms. The molecule has 0 unspecified atom stereocenters. The van der Waals surface area contributed by atoms with Gasteiger partial charge in [-0.15, -0.1) is 11.6 Å². The summed E-state index contributed by atoms with van der Waals surface area (Å²) in [7, 11) is 0. The lowest BCUT2D eigenvalue weighted by molar-refractivity contribution is -0.146. The molecular weight excluding hydrogens is 495 g/mol. The largest absolute Gasteiger partial charge is 0.464 e. The molecule has 3 aromatic rings. The second-order valence-electron chi connectivity index (χ2n) is 10.4. The summed E-state index contributed by atoms with van der Waals surface area (Å²) in [6.45, 7) is 7.98. The minimum Gasteiger partial charge on any atom is -0.464 e. The molecule has 0 saturated carbocycles. The molecule has 0 aliphatic carbocycles. The van der Waals surface area contributed by atoms with Gasteiger partial charge in [-0.25, -0.2) is 4.39 Å². The number of hydrogen-bond acceptors (Lipinski definition) is 4. The second kappa shape index (κ2) is 12.4. The van der Waals surface area contributed by atoms with Crippen molar-refractivity contribution in [2.45, 2.75) is 47.2 Å². The molecule has 198 valence electrons. The third kappa shape index (κ3) is 7.41. The molecule has 37 heavy (non-hydrogen) atoms. The number of rotatable bonds is 11. The Labute approximate surface area is 222 Å². The van der Waals surface area contributed by atoms with Crippen LogP contribution in [0.4, 0.5) is 4.39 Å². The first-order valence-electron chi connectivity index (χ1n) is 12.4. The monoisotopic (exact) mass is 528 g/mol. The molecular formula is C29H34ClFN2O4. The van der Waals surface area contributed by atoms with Crippen LogP contribution < -0.4 is 5.43 Å². The van der Waals surface area contributed by atoms with Gasteiger partial charge in [0, 0.05) is 19.0 Å². The number of fused-ring (bicyclic) bond motifs is 1. The van der Waals surface area contributed by atoms with E-state index in [4.69, 9.17) is 16.0 Å². The van der Waals surface area contributed by atoms with E-state index in [2.05, 4.69) is 13.8 Å². The Balaban J connectivity index is 1.93. The first kappa shape index (κ1) is 28.4. The molecule has 0 aliphatic rings. The minimum atomic E-state index is -0.833. The van der Waals surface area contributed by atoms with Crippen LogP contribution in [-0.2, 0) is 22.7 Å². The molecule has 2 aromatic carbocycles.